The van der Waals surface area contributed by atoms with E-state index >= 15 is 0 Å². The molecule has 0 aliphatic heterocycles. The van der Waals surface area contributed by atoms with Crippen LogP contribution in [-0.2, 0) is 6.42 Å². The summed E-state index contributed by atoms with van der Waals surface area (Å²) in [5.74, 6) is 0.599. The van der Waals surface area contributed by atoms with Gasteiger partial charge in [-0.15, -0.1) is 11.3 Å². The van der Waals surface area contributed by atoms with Crippen LogP contribution in [0.1, 0.15) is 16.7 Å². The Morgan fingerprint density at radius 1 is 1.21 bits per heavy atom. The SMILES string of the molecule is OC(Cc1sccc1Br)c1cc2cccc(Br)c2o1. The van der Waals surface area contributed by atoms with Gasteiger partial charge in [-0.2, -0.15) is 0 Å². The predicted molar refractivity (Wildman–Crippen MR) is 84.6 cm³/mol. The molecule has 2 heterocycles. The molecule has 0 saturated carbocycles. The Kier molecular flexibility index (Phi) is 3.80. The van der Waals surface area contributed by atoms with Crippen LogP contribution in [0.25, 0.3) is 11.0 Å². The van der Waals surface area contributed by atoms with E-state index < -0.39 is 6.10 Å². The number of halogens is 2. The fourth-order valence-corrected chi connectivity index (χ4v) is 3.97. The topological polar surface area (TPSA) is 33.4 Å². The van der Waals surface area contributed by atoms with Gasteiger partial charge in [0.2, 0.25) is 0 Å². The number of rotatable bonds is 3. The molecule has 98 valence electrons. The van der Waals surface area contributed by atoms with Gasteiger partial charge >= 0.3 is 0 Å². The van der Waals surface area contributed by atoms with E-state index in [9.17, 15) is 5.11 Å². The summed E-state index contributed by atoms with van der Waals surface area (Å²) in [4.78, 5) is 1.12. The van der Waals surface area contributed by atoms with Gasteiger partial charge in [0.15, 0.2) is 0 Å². The fourth-order valence-electron chi connectivity index (χ4n) is 1.96. The van der Waals surface area contributed by atoms with Crippen molar-refractivity contribution in [1.29, 1.82) is 0 Å². The van der Waals surface area contributed by atoms with E-state index in [2.05, 4.69) is 31.9 Å². The molecule has 0 aliphatic carbocycles. The Hall–Kier alpha value is -0.620. The normalized spacial score (nSPS) is 13.0. The van der Waals surface area contributed by atoms with Gasteiger partial charge in [-0.05, 0) is 55.4 Å². The van der Waals surface area contributed by atoms with Gasteiger partial charge in [0.1, 0.15) is 17.4 Å². The first-order valence-electron chi connectivity index (χ1n) is 5.73. The predicted octanol–water partition coefficient (Wildman–Crippen LogP) is 5.30. The third-order valence-electron chi connectivity index (χ3n) is 2.91. The summed E-state index contributed by atoms with van der Waals surface area (Å²) < 4.78 is 7.68. The number of hydrogen-bond acceptors (Lipinski definition) is 3. The summed E-state index contributed by atoms with van der Waals surface area (Å²) in [6, 6.07) is 9.74. The van der Waals surface area contributed by atoms with E-state index in [1.807, 2.05) is 35.7 Å². The lowest BCUT2D eigenvalue weighted by Gasteiger charge is -2.06. The van der Waals surface area contributed by atoms with E-state index in [0.717, 1.165) is 24.8 Å². The minimum absolute atomic E-state index is 0.551. The molecule has 0 fully saturated rings. The number of thiophene rings is 1. The number of fused-ring (bicyclic) bond motifs is 1. The molecule has 0 saturated heterocycles. The van der Waals surface area contributed by atoms with Crippen LogP contribution in [0.2, 0.25) is 0 Å². The minimum atomic E-state index is -0.630. The monoisotopic (exact) mass is 400 g/mol. The summed E-state index contributed by atoms with van der Waals surface area (Å²) in [7, 11) is 0. The maximum atomic E-state index is 10.3. The summed E-state index contributed by atoms with van der Waals surface area (Å²) in [5.41, 5.74) is 0.779. The molecule has 0 aliphatic rings. The lowest BCUT2D eigenvalue weighted by atomic mass is 10.1. The Labute approximate surface area is 131 Å². The van der Waals surface area contributed by atoms with Crippen LogP contribution < -0.4 is 0 Å². The summed E-state index contributed by atoms with van der Waals surface area (Å²) in [6.45, 7) is 0. The van der Waals surface area contributed by atoms with Crippen LogP contribution in [0.4, 0.5) is 0 Å². The molecule has 1 atom stereocenters. The Morgan fingerprint density at radius 2 is 2.05 bits per heavy atom. The number of hydrogen-bond donors (Lipinski definition) is 1. The van der Waals surface area contributed by atoms with Crippen molar-refractivity contribution in [2.45, 2.75) is 12.5 Å². The molecule has 19 heavy (non-hydrogen) atoms. The number of para-hydroxylation sites is 1. The first-order chi connectivity index (χ1) is 9.15. The highest BCUT2D eigenvalue weighted by molar-refractivity contribution is 9.11. The van der Waals surface area contributed by atoms with Crippen molar-refractivity contribution < 1.29 is 9.52 Å². The van der Waals surface area contributed by atoms with E-state index in [1.54, 1.807) is 11.3 Å². The zero-order valence-electron chi connectivity index (χ0n) is 9.77. The quantitative estimate of drug-likeness (QED) is 0.646. The lowest BCUT2D eigenvalue weighted by Crippen LogP contribution is -1.99. The van der Waals surface area contributed by atoms with Crippen molar-refractivity contribution in [2.75, 3.05) is 0 Å². The zero-order valence-corrected chi connectivity index (χ0v) is 13.8. The van der Waals surface area contributed by atoms with E-state index in [4.69, 9.17) is 4.42 Å². The van der Waals surface area contributed by atoms with E-state index in [-0.39, 0.29) is 0 Å². The van der Waals surface area contributed by atoms with Crippen molar-refractivity contribution >= 4 is 54.2 Å². The van der Waals surface area contributed by atoms with Crippen molar-refractivity contribution in [2.24, 2.45) is 0 Å². The molecule has 3 rings (SSSR count). The van der Waals surface area contributed by atoms with Crippen molar-refractivity contribution in [3.8, 4) is 0 Å². The Morgan fingerprint density at radius 3 is 2.74 bits per heavy atom. The van der Waals surface area contributed by atoms with Crippen molar-refractivity contribution in [3.05, 3.63) is 55.3 Å². The second-order valence-corrected chi connectivity index (χ2v) is 6.93. The highest BCUT2D eigenvalue weighted by Gasteiger charge is 2.17. The molecule has 1 N–H and O–H groups in total. The molecule has 2 nitrogen and oxygen atoms in total. The smallest absolute Gasteiger partial charge is 0.148 e. The Bertz CT molecular complexity index is 717. The molecule has 3 aromatic rings. The highest BCUT2D eigenvalue weighted by Crippen LogP contribution is 2.33. The second-order valence-electron chi connectivity index (χ2n) is 4.22. The molecule has 2 aromatic heterocycles. The molecule has 1 aromatic carbocycles. The number of aliphatic hydroxyl groups excluding tert-OH is 1. The molecule has 0 bridgehead atoms. The van der Waals surface area contributed by atoms with Crippen molar-refractivity contribution in [1.82, 2.24) is 0 Å². The van der Waals surface area contributed by atoms with Crippen molar-refractivity contribution in [3.63, 3.8) is 0 Å². The van der Waals surface area contributed by atoms with E-state index in [0.29, 0.717) is 12.2 Å². The summed E-state index contributed by atoms with van der Waals surface area (Å²) in [6.07, 6.45) is -0.0790. The van der Waals surface area contributed by atoms with Gasteiger partial charge in [-0.25, -0.2) is 0 Å². The third kappa shape index (κ3) is 2.65. The van der Waals surface area contributed by atoms with Crippen LogP contribution in [0.15, 0.2) is 49.1 Å². The molecular formula is C14H10Br2O2S. The Balaban J connectivity index is 1.91. The van der Waals surface area contributed by atoms with Gasteiger partial charge < -0.3 is 9.52 Å². The van der Waals surface area contributed by atoms with Crippen LogP contribution in [0.5, 0.6) is 0 Å². The van der Waals surface area contributed by atoms with Gasteiger partial charge in [-0.1, -0.05) is 12.1 Å². The number of furan rings is 1. The summed E-state index contributed by atoms with van der Waals surface area (Å²) in [5, 5.41) is 13.3. The minimum Gasteiger partial charge on any atom is -0.457 e. The summed E-state index contributed by atoms with van der Waals surface area (Å²) >= 11 is 8.55. The fraction of sp³-hybridized carbons (Fsp3) is 0.143. The highest BCUT2D eigenvalue weighted by atomic mass is 79.9. The zero-order chi connectivity index (χ0) is 13.4. The van der Waals surface area contributed by atoms with Crippen LogP contribution >= 0.6 is 43.2 Å². The molecule has 0 amide bonds. The first kappa shape index (κ1) is 13.4. The molecule has 5 heteroatoms. The average molecular weight is 402 g/mol. The average Bonchev–Trinajstić information content (AvgIpc) is 2.97. The maximum Gasteiger partial charge on any atom is 0.148 e. The number of benzene rings is 1. The van der Waals surface area contributed by atoms with Gasteiger partial charge in [0.25, 0.3) is 0 Å². The van der Waals surface area contributed by atoms with Gasteiger partial charge in [0.05, 0.1) is 4.47 Å². The van der Waals surface area contributed by atoms with Crippen LogP contribution in [0.3, 0.4) is 0 Å². The molecule has 0 radical (unpaired) electrons. The maximum absolute atomic E-state index is 10.3. The largest absolute Gasteiger partial charge is 0.457 e. The molecular weight excluding hydrogens is 392 g/mol. The molecule has 0 spiro atoms. The van der Waals surface area contributed by atoms with Gasteiger partial charge in [0, 0.05) is 21.2 Å². The molecule has 1 unspecified atom stereocenters. The number of aliphatic hydroxyl groups is 1. The second kappa shape index (κ2) is 5.40. The standard InChI is InChI=1S/C14H10Br2O2S/c15-9-4-5-19-13(9)7-11(17)12-6-8-2-1-3-10(16)14(8)18-12/h1-6,11,17H,7H2. The lowest BCUT2D eigenvalue weighted by molar-refractivity contribution is 0.153. The van der Waals surface area contributed by atoms with Gasteiger partial charge in [-0.3, -0.25) is 0 Å². The van der Waals surface area contributed by atoms with Crippen LogP contribution in [-0.4, -0.2) is 5.11 Å². The van der Waals surface area contributed by atoms with E-state index in [1.165, 1.54) is 0 Å². The first-order valence-corrected chi connectivity index (χ1v) is 8.19. The third-order valence-corrected chi connectivity index (χ3v) is 5.49. The van der Waals surface area contributed by atoms with Crippen LogP contribution in [0, 0.1) is 0 Å².